The fourth-order valence-electron chi connectivity index (χ4n) is 1.81. The maximum atomic E-state index is 11.6. The average molecular weight is 199 g/mol. The van der Waals surface area contributed by atoms with Crippen molar-refractivity contribution in [2.75, 3.05) is 46.8 Å². The van der Waals surface area contributed by atoms with E-state index >= 15 is 0 Å². The van der Waals surface area contributed by atoms with E-state index in [1.807, 2.05) is 19.0 Å². The van der Waals surface area contributed by atoms with Gasteiger partial charge in [-0.1, -0.05) is 6.92 Å². The van der Waals surface area contributed by atoms with E-state index < -0.39 is 0 Å². The van der Waals surface area contributed by atoms with Crippen LogP contribution in [0.3, 0.4) is 0 Å². The molecule has 1 heterocycles. The Morgan fingerprint density at radius 3 is 2.79 bits per heavy atom. The first kappa shape index (κ1) is 11.5. The quantitative estimate of drug-likeness (QED) is 0.670. The first-order valence-corrected chi connectivity index (χ1v) is 5.24. The molecule has 1 aliphatic heterocycles. The summed E-state index contributed by atoms with van der Waals surface area (Å²) >= 11 is 0. The maximum Gasteiger partial charge on any atom is 0.236 e. The van der Waals surface area contributed by atoms with Gasteiger partial charge in [-0.15, -0.1) is 0 Å². The third kappa shape index (κ3) is 3.27. The molecule has 0 saturated carbocycles. The van der Waals surface area contributed by atoms with E-state index in [0.29, 0.717) is 12.5 Å². The molecule has 0 spiro atoms. The lowest BCUT2D eigenvalue weighted by Crippen LogP contribution is -2.50. The van der Waals surface area contributed by atoms with Gasteiger partial charge in [0.05, 0.1) is 6.54 Å². The fourth-order valence-corrected chi connectivity index (χ4v) is 1.81. The third-order valence-electron chi connectivity index (χ3n) is 2.59. The van der Waals surface area contributed by atoms with Crippen LogP contribution < -0.4 is 5.32 Å². The molecule has 0 aliphatic carbocycles. The topological polar surface area (TPSA) is 35.6 Å². The Labute approximate surface area is 86.2 Å². The number of piperazine rings is 1. The van der Waals surface area contributed by atoms with E-state index in [2.05, 4.69) is 17.1 Å². The first-order valence-electron chi connectivity index (χ1n) is 5.24. The van der Waals surface area contributed by atoms with E-state index in [1.165, 1.54) is 0 Å². The van der Waals surface area contributed by atoms with Crippen molar-refractivity contribution in [2.45, 2.75) is 6.92 Å². The van der Waals surface area contributed by atoms with Crippen LogP contribution in [0, 0.1) is 5.92 Å². The SMILES string of the molecule is CNCC(C)CN1CCN(C)CC1=O. The standard InChI is InChI=1S/C10H21N3O/c1-9(6-11-2)7-13-5-4-12(3)8-10(13)14/h9,11H,4-8H2,1-3H3. The van der Waals surface area contributed by atoms with Gasteiger partial charge >= 0.3 is 0 Å². The molecule has 0 bridgehead atoms. The van der Waals surface area contributed by atoms with Crippen molar-refractivity contribution < 1.29 is 4.79 Å². The number of hydrogen-bond acceptors (Lipinski definition) is 3. The second-order valence-electron chi connectivity index (χ2n) is 4.24. The van der Waals surface area contributed by atoms with E-state index in [4.69, 9.17) is 0 Å². The van der Waals surface area contributed by atoms with Gasteiger partial charge in [0.2, 0.25) is 5.91 Å². The van der Waals surface area contributed by atoms with Gasteiger partial charge in [0, 0.05) is 19.6 Å². The molecule has 0 radical (unpaired) electrons. The van der Waals surface area contributed by atoms with Gasteiger partial charge in [-0.2, -0.15) is 0 Å². The lowest BCUT2D eigenvalue weighted by atomic mass is 10.1. The van der Waals surface area contributed by atoms with Crippen LogP contribution in [0.4, 0.5) is 0 Å². The number of carbonyl (C=O) groups is 1. The fraction of sp³-hybridized carbons (Fsp3) is 0.900. The van der Waals surface area contributed by atoms with Gasteiger partial charge in [-0.05, 0) is 26.6 Å². The van der Waals surface area contributed by atoms with Crippen molar-refractivity contribution >= 4 is 5.91 Å². The molecule has 0 aromatic heterocycles. The van der Waals surface area contributed by atoms with Crippen molar-refractivity contribution in [3.63, 3.8) is 0 Å². The molecule has 1 rings (SSSR count). The minimum Gasteiger partial charge on any atom is -0.340 e. The van der Waals surface area contributed by atoms with E-state index in [9.17, 15) is 4.79 Å². The normalized spacial score (nSPS) is 21.4. The summed E-state index contributed by atoms with van der Waals surface area (Å²) in [6, 6.07) is 0. The monoisotopic (exact) mass is 199 g/mol. The summed E-state index contributed by atoms with van der Waals surface area (Å²) < 4.78 is 0. The number of amides is 1. The lowest BCUT2D eigenvalue weighted by Gasteiger charge is -2.33. The highest BCUT2D eigenvalue weighted by Crippen LogP contribution is 2.04. The number of nitrogens with one attached hydrogen (secondary N) is 1. The van der Waals surface area contributed by atoms with E-state index in [1.54, 1.807) is 0 Å². The zero-order chi connectivity index (χ0) is 10.6. The van der Waals surface area contributed by atoms with Gasteiger partial charge in [-0.25, -0.2) is 0 Å². The molecule has 14 heavy (non-hydrogen) atoms. The van der Waals surface area contributed by atoms with Gasteiger partial charge in [0.15, 0.2) is 0 Å². The molecule has 1 aliphatic rings. The molecule has 4 heteroatoms. The Kier molecular flexibility index (Phi) is 4.35. The molecule has 1 atom stereocenters. The lowest BCUT2D eigenvalue weighted by molar-refractivity contribution is -0.135. The molecule has 0 aromatic carbocycles. The minimum atomic E-state index is 0.265. The van der Waals surface area contributed by atoms with Crippen LogP contribution in [0.1, 0.15) is 6.92 Å². The van der Waals surface area contributed by atoms with Crippen LogP contribution in [-0.4, -0.2) is 62.5 Å². The number of rotatable bonds is 4. The van der Waals surface area contributed by atoms with Crippen LogP contribution in [0.5, 0.6) is 0 Å². The van der Waals surface area contributed by atoms with Crippen molar-refractivity contribution in [1.82, 2.24) is 15.1 Å². The number of hydrogen-bond donors (Lipinski definition) is 1. The predicted octanol–water partition coefficient (Wildman–Crippen LogP) is -0.384. The van der Waals surface area contributed by atoms with Gasteiger partial charge < -0.3 is 10.2 Å². The van der Waals surface area contributed by atoms with Crippen molar-refractivity contribution in [3.05, 3.63) is 0 Å². The Hall–Kier alpha value is -0.610. The summed E-state index contributed by atoms with van der Waals surface area (Å²) in [7, 11) is 3.94. The van der Waals surface area contributed by atoms with E-state index in [0.717, 1.165) is 26.2 Å². The third-order valence-corrected chi connectivity index (χ3v) is 2.59. The smallest absolute Gasteiger partial charge is 0.236 e. The molecule has 1 amide bonds. The molecule has 1 unspecified atom stereocenters. The molecule has 82 valence electrons. The Morgan fingerprint density at radius 2 is 2.21 bits per heavy atom. The van der Waals surface area contributed by atoms with Crippen molar-refractivity contribution in [3.8, 4) is 0 Å². The number of nitrogens with zero attached hydrogens (tertiary/aromatic N) is 2. The predicted molar refractivity (Wildman–Crippen MR) is 57.2 cm³/mol. The average Bonchev–Trinajstić information content (AvgIpc) is 2.10. The molecule has 1 saturated heterocycles. The highest BCUT2D eigenvalue weighted by atomic mass is 16.2. The summed E-state index contributed by atoms with van der Waals surface area (Å²) in [6.45, 7) is 6.48. The van der Waals surface area contributed by atoms with Crippen LogP contribution in [0.25, 0.3) is 0 Å². The Morgan fingerprint density at radius 1 is 1.50 bits per heavy atom. The largest absolute Gasteiger partial charge is 0.340 e. The molecule has 1 fully saturated rings. The summed E-state index contributed by atoms with van der Waals surface area (Å²) in [5.41, 5.74) is 0. The van der Waals surface area contributed by atoms with Gasteiger partial charge in [0.1, 0.15) is 0 Å². The summed E-state index contributed by atoms with van der Waals surface area (Å²) in [5.74, 6) is 0.800. The zero-order valence-corrected chi connectivity index (χ0v) is 9.42. The second kappa shape index (κ2) is 5.32. The molecule has 1 N–H and O–H groups in total. The van der Waals surface area contributed by atoms with Crippen LogP contribution in [0.15, 0.2) is 0 Å². The summed E-state index contributed by atoms with van der Waals surface area (Å²) in [4.78, 5) is 15.7. The minimum absolute atomic E-state index is 0.265. The van der Waals surface area contributed by atoms with Crippen molar-refractivity contribution in [2.24, 2.45) is 5.92 Å². The molecule has 4 nitrogen and oxygen atoms in total. The van der Waals surface area contributed by atoms with E-state index in [-0.39, 0.29) is 5.91 Å². The molecular weight excluding hydrogens is 178 g/mol. The van der Waals surface area contributed by atoms with Crippen molar-refractivity contribution in [1.29, 1.82) is 0 Å². The highest BCUT2D eigenvalue weighted by molar-refractivity contribution is 5.78. The number of carbonyl (C=O) groups excluding carboxylic acids is 1. The first-order chi connectivity index (χ1) is 6.63. The van der Waals surface area contributed by atoms with Gasteiger partial charge in [0.25, 0.3) is 0 Å². The van der Waals surface area contributed by atoms with Crippen LogP contribution in [-0.2, 0) is 4.79 Å². The molecular formula is C10H21N3O. The summed E-state index contributed by atoms with van der Waals surface area (Å²) in [6.07, 6.45) is 0. The number of likely N-dealkylation sites (N-methyl/N-ethyl adjacent to an activating group) is 1. The second-order valence-corrected chi connectivity index (χ2v) is 4.24. The Bertz CT molecular complexity index is 196. The zero-order valence-electron chi connectivity index (χ0n) is 9.42. The Balaban J connectivity index is 2.33. The maximum absolute atomic E-state index is 11.6. The molecule has 0 aromatic rings. The summed E-state index contributed by atoms with van der Waals surface area (Å²) in [5, 5.41) is 3.13. The highest BCUT2D eigenvalue weighted by Gasteiger charge is 2.22. The van der Waals surface area contributed by atoms with Crippen LogP contribution in [0.2, 0.25) is 0 Å². The van der Waals surface area contributed by atoms with Gasteiger partial charge in [-0.3, -0.25) is 9.69 Å². The van der Waals surface area contributed by atoms with Crippen LogP contribution >= 0.6 is 0 Å².